The zero-order chi connectivity index (χ0) is 14.2. The van der Waals surface area contributed by atoms with Crippen LogP contribution in [0.4, 0.5) is 13.2 Å². The standard InChI is InChI=1S/C9H9F3N4O3/c10-9(11,12)8(19)15-2-1-5(3-15)16-4-6(7(17)18)13-14-16/h4-5H,1-3H2,(H,17,18). The van der Waals surface area contributed by atoms with Crippen LogP contribution in [0.2, 0.25) is 0 Å². The van der Waals surface area contributed by atoms with E-state index in [2.05, 4.69) is 10.3 Å². The van der Waals surface area contributed by atoms with Crippen molar-refractivity contribution in [1.82, 2.24) is 19.9 Å². The third-order valence-electron chi connectivity index (χ3n) is 2.80. The van der Waals surface area contributed by atoms with E-state index in [9.17, 15) is 22.8 Å². The zero-order valence-electron chi connectivity index (χ0n) is 9.46. The van der Waals surface area contributed by atoms with Crippen LogP contribution in [0.5, 0.6) is 0 Å². The number of carboxylic acids is 1. The van der Waals surface area contributed by atoms with Crippen molar-refractivity contribution < 1.29 is 27.9 Å². The molecule has 1 saturated heterocycles. The van der Waals surface area contributed by atoms with Crippen molar-refractivity contribution in [3.05, 3.63) is 11.9 Å². The minimum atomic E-state index is -4.90. The van der Waals surface area contributed by atoms with Gasteiger partial charge in [0, 0.05) is 13.1 Å². The highest BCUT2D eigenvalue weighted by atomic mass is 19.4. The summed E-state index contributed by atoms with van der Waals surface area (Å²) in [4.78, 5) is 22.3. The molecule has 7 nitrogen and oxygen atoms in total. The molecule has 1 aromatic rings. The van der Waals surface area contributed by atoms with Gasteiger partial charge in [-0.25, -0.2) is 9.48 Å². The molecule has 1 amide bonds. The molecule has 19 heavy (non-hydrogen) atoms. The summed E-state index contributed by atoms with van der Waals surface area (Å²) in [5.74, 6) is -3.17. The van der Waals surface area contributed by atoms with E-state index in [1.54, 1.807) is 0 Å². The van der Waals surface area contributed by atoms with E-state index in [-0.39, 0.29) is 25.2 Å². The van der Waals surface area contributed by atoms with Gasteiger partial charge in [0.25, 0.3) is 0 Å². The Kier molecular flexibility index (Phi) is 3.16. The first-order valence-electron chi connectivity index (χ1n) is 5.30. The number of likely N-dealkylation sites (tertiary alicyclic amines) is 1. The van der Waals surface area contributed by atoms with Gasteiger partial charge in [0.05, 0.1) is 12.2 Å². The van der Waals surface area contributed by atoms with Crippen LogP contribution in [0.3, 0.4) is 0 Å². The Labute approximate surface area is 104 Å². The number of aromatic carboxylic acids is 1. The molecule has 1 aliphatic rings. The lowest BCUT2D eigenvalue weighted by molar-refractivity contribution is -0.184. The molecular weight excluding hydrogens is 269 g/mol. The predicted octanol–water partition coefficient (Wildman–Crippen LogP) is 0.312. The topological polar surface area (TPSA) is 88.3 Å². The van der Waals surface area contributed by atoms with Crippen molar-refractivity contribution in [2.24, 2.45) is 0 Å². The molecule has 0 bridgehead atoms. The highest BCUT2D eigenvalue weighted by Gasteiger charge is 2.44. The summed E-state index contributed by atoms with van der Waals surface area (Å²) in [7, 11) is 0. The maximum Gasteiger partial charge on any atom is 0.471 e. The fourth-order valence-corrected chi connectivity index (χ4v) is 1.87. The second-order valence-corrected chi connectivity index (χ2v) is 4.08. The minimum Gasteiger partial charge on any atom is -0.476 e. The summed E-state index contributed by atoms with van der Waals surface area (Å²) in [5, 5.41) is 15.6. The van der Waals surface area contributed by atoms with Gasteiger partial charge in [0.15, 0.2) is 5.69 Å². The van der Waals surface area contributed by atoms with Crippen molar-refractivity contribution in [3.63, 3.8) is 0 Å². The van der Waals surface area contributed by atoms with E-state index in [0.29, 0.717) is 4.90 Å². The Morgan fingerprint density at radius 3 is 2.63 bits per heavy atom. The highest BCUT2D eigenvalue weighted by molar-refractivity contribution is 5.84. The SMILES string of the molecule is O=C(O)c1cn(C2CCN(C(=O)C(F)(F)F)C2)nn1. The molecule has 2 rings (SSSR count). The van der Waals surface area contributed by atoms with Crippen molar-refractivity contribution in [1.29, 1.82) is 0 Å². The number of alkyl halides is 3. The van der Waals surface area contributed by atoms with Crippen LogP contribution in [-0.2, 0) is 4.79 Å². The molecule has 0 spiro atoms. The lowest BCUT2D eigenvalue weighted by Crippen LogP contribution is -2.39. The molecule has 0 aliphatic carbocycles. The molecule has 1 aromatic heterocycles. The fraction of sp³-hybridized carbons (Fsp3) is 0.556. The van der Waals surface area contributed by atoms with Gasteiger partial charge >= 0.3 is 18.1 Å². The molecule has 0 aromatic carbocycles. The van der Waals surface area contributed by atoms with Crippen LogP contribution < -0.4 is 0 Å². The monoisotopic (exact) mass is 278 g/mol. The Hall–Kier alpha value is -2.13. The third kappa shape index (κ3) is 2.66. The number of aromatic nitrogens is 3. The van der Waals surface area contributed by atoms with Gasteiger partial charge in [-0.3, -0.25) is 4.79 Å². The molecule has 0 saturated carbocycles. The molecule has 10 heteroatoms. The predicted molar refractivity (Wildman–Crippen MR) is 53.3 cm³/mol. The minimum absolute atomic E-state index is 0.0503. The maximum absolute atomic E-state index is 12.2. The van der Waals surface area contributed by atoms with Gasteiger partial charge in [-0.2, -0.15) is 13.2 Å². The largest absolute Gasteiger partial charge is 0.476 e. The van der Waals surface area contributed by atoms with Gasteiger partial charge in [0.1, 0.15) is 0 Å². The van der Waals surface area contributed by atoms with Gasteiger partial charge in [0.2, 0.25) is 0 Å². The van der Waals surface area contributed by atoms with E-state index in [1.807, 2.05) is 0 Å². The average molecular weight is 278 g/mol. The van der Waals surface area contributed by atoms with Crippen LogP contribution >= 0.6 is 0 Å². The van der Waals surface area contributed by atoms with Crippen molar-refractivity contribution in [2.45, 2.75) is 18.6 Å². The van der Waals surface area contributed by atoms with E-state index in [4.69, 9.17) is 5.11 Å². The summed E-state index contributed by atoms with van der Waals surface area (Å²) >= 11 is 0. The van der Waals surface area contributed by atoms with Crippen LogP contribution in [-0.4, -0.2) is 56.1 Å². The van der Waals surface area contributed by atoms with Crippen LogP contribution in [0.1, 0.15) is 23.0 Å². The molecule has 1 N–H and O–H groups in total. The Morgan fingerprint density at radius 1 is 1.42 bits per heavy atom. The second-order valence-electron chi connectivity index (χ2n) is 4.08. The van der Waals surface area contributed by atoms with Crippen molar-refractivity contribution in [2.75, 3.05) is 13.1 Å². The molecule has 0 radical (unpaired) electrons. The van der Waals surface area contributed by atoms with Crippen LogP contribution in [0, 0.1) is 0 Å². The van der Waals surface area contributed by atoms with E-state index in [1.165, 1.54) is 4.68 Å². The number of hydrogen-bond donors (Lipinski definition) is 1. The Balaban J connectivity index is 2.05. The quantitative estimate of drug-likeness (QED) is 0.841. The second kappa shape index (κ2) is 4.52. The first-order chi connectivity index (χ1) is 8.79. The van der Waals surface area contributed by atoms with Gasteiger partial charge in [-0.15, -0.1) is 5.10 Å². The van der Waals surface area contributed by atoms with Gasteiger partial charge in [-0.05, 0) is 6.42 Å². The summed E-state index contributed by atoms with van der Waals surface area (Å²) in [6.45, 7) is -0.216. The number of carboxylic acid groups (broad SMARTS) is 1. The molecule has 1 aliphatic heterocycles. The number of halogens is 3. The number of rotatable bonds is 2. The first kappa shape index (κ1) is 13.3. The summed E-state index contributed by atoms with van der Waals surface area (Å²) in [6, 6.07) is -0.494. The number of nitrogens with zero attached hydrogens (tertiary/aromatic N) is 4. The number of amides is 1. The highest BCUT2D eigenvalue weighted by Crippen LogP contribution is 2.26. The summed E-state index contributed by atoms with van der Waals surface area (Å²) < 4.78 is 37.9. The maximum atomic E-state index is 12.2. The molecule has 2 heterocycles. The number of hydrogen-bond acceptors (Lipinski definition) is 4. The van der Waals surface area contributed by atoms with Gasteiger partial charge < -0.3 is 10.0 Å². The Morgan fingerprint density at radius 2 is 2.11 bits per heavy atom. The first-order valence-corrected chi connectivity index (χ1v) is 5.30. The summed E-state index contributed by atoms with van der Waals surface area (Å²) in [6.07, 6.45) is -3.50. The molecule has 1 unspecified atom stereocenters. The fourth-order valence-electron chi connectivity index (χ4n) is 1.87. The summed E-state index contributed by atoms with van der Waals surface area (Å²) in [5.41, 5.74) is -0.291. The van der Waals surface area contributed by atoms with E-state index in [0.717, 1.165) is 6.20 Å². The van der Waals surface area contributed by atoms with Crippen molar-refractivity contribution in [3.8, 4) is 0 Å². The lowest BCUT2D eigenvalue weighted by atomic mass is 10.3. The van der Waals surface area contributed by atoms with Crippen LogP contribution in [0.15, 0.2) is 6.20 Å². The molecular formula is C9H9F3N4O3. The lowest BCUT2D eigenvalue weighted by Gasteiger charge is -2.17. The Bertz CT molecular complexity index is 513. The number of carbonyl (C=O) groups is 2. The molecule has 1 fully saturated rings. The normalized spacial score (nSPS) is 19.7. The number of carbonyl (C=O) groups excluding carboxylic acids is 1. The van der Waals surface area contributed by atoms with Crippen LogP contribution in [0.25, 0.3) is 0 Å². The van der Waals surface area contributed by atoms with Gasteiger partial charge in [-0.1, -0.05) is 5.21 Å². The average Bonchev–Trinajstić information content (AvgIpc) is 2.95. The molecule has 1 atom stereocenters. The van der Waals surface area contributed by atoms with E-state index < -0.39 is 24.1 Å². The zero-order valence-corrected chi connectivity index (χ0v) is 9.46. The van der Waals surface area contributed by atoms with Crippen molar-refractivity contribution >= 4 is 11.9 Å². The van der Waals surface area contributed by atoms with E-state index >= 15 is 0 Å². The third-order valence-corrected chi connectivity index (χ3v) is 2.80. The molecule has 104 valence electrons. The smallest absolute Gasteiger partial charge is 0.471 e.